The number of likely N-dealkylation sites (tertiary alicyclic amines) is 1. The number of piperidine rings is 1. The molecule has 4 heteroatoms. The summed E-state index contributed by atoms with van der Waals surface area (Å²) in [7, 11) is 0. The summed E-state index contributed by atoms with van der Waals surface area (Å²) in [6.45, 7) is 6.38. The van der Waals surface area contributed by atoms with E-state index in [1.54, 1.807) is 0 Å². The average Bonchev–Trinajstić information content (AvgIpc) is 2.50. The minimum Gasteiger partial charge on any atom is -0.490 e. The highest BCUT2D eigenvalue weighted by Crippen LogP contribution is 2.41. The van der Waals surface area contributed by atoms with E-state index < -0.39 is 6.10 Å². The van der Waals surface area contributed by atoms with Crippen LogP contribution in [0, 0.1) is 0 Å². The van der Waals surface area contributed by atoms with Crippen LogP contribution >= 0.6 is 0 Å². The SMILES string of the molecule is CCOc1cccc2c1OCC(N1CCCCC1C)C2O. The Bertz CT molecular complexity index is 491. The molecule has 2 aliphatic rings. The molecule has 1 aromatic carbocycles. The molecule has 4 nitrogen and oxygen atoms in total. The number of ether oxygens (including phenoxy) is 2. The second-order valence-corrected chi connectivity index (χ2v) is 6.01. The molecule has 0 saturated carbocycles. The Hall–Kier alpha value is -1.26. The zero-order valence-corrected chi connectivity index (χ0v) is 12.9. The van der Waals surface area contributed by atoms with E-state index in [4.69, 9.17) is 9.47 Å². The molecule has 1 N–H and O–H groups in total. The van der Waals surface area contributed by atoms with Crippen molar-refractivity contribution in [3.05, 3.63) is 23.8 Å². The first-order chi connectivity index (χ1) is 10.2. The number of nitrogens with zero attached hydrogens (tertiary/aromatic N) is 1. The summed E-state index contributed by atoms with van der Waals surface area (Å²) >= 11 is 0. The summed E-state index contributed by atoms with van der Waals surface area (Å²) in [4.78, 5) is 2.41. The minimum atomic E-state index is -0.505. The van der Waals surface area contributed by atoms with Crippen LogP contribution in [0.5, 0.6) is 11.5 Å². The molecule has 0 radical (unpaired) electrons. The Balaban J connectivity index is 1.85. The molecule has 1 fully saturated rings. The first kappa shape index (κ1) is 14.7. The molecule has 3 unspecified atom stereocenters. The van der Waals surface area contributed by atoms with Gasteiger partial charge < -0.3 is 14.6 Å². The van der Waals surface area contributed by atoms with Crippen LogP contribution in [0.15, 0.2) is 18.2 Å². The summed E-state index contributed by atoms with van der Waals surface area (Å²) in [5, 5.41) is 10.8. The maximum atomic E-state index is 10.8. The van der Waals surface area contributed by atoms with E-state index in [1.807, 2.05) is 25.1 Å². The Morgan fingerprint density at radius 3 is 3.00 bits per heavy atom. The molecule has 0 amide bonds. The zero-order chi connectivity index (χ0) is 14.8. The number of para-hydroxylation sites is 1. The average molecular weight is 291 g/mol. The van der Waals surface area contributed by atoms with Crippen molar-refractivity contribution in [1.29, 1.82) is 0 Å². The topological polar surface area (TPSA) is 41.9 Å². The smallest absolute Gasteiger partial charge is 0.167 e. The standard InChI is InChI=1S/C17H25NO3/c1-3-20-15-9-6-8-13-16(19)14(11-21-17(13)15)18-10-5-4-7-12(18)2/h6,8-9,12,14,16,19H,3-5,7,10-11H2,1-2H3. The quantitative estimate of drug-likeness (QED) is 0.930. The van der Waals surface area contributed by atoms with E-state index in [-0.39, 0.29) is 6.04 Å². The van der Waals surface area contributed by atoms with Gasteiger partial charge in [0.1, 0.15) is 12.7 Å². The second kappa shape index (κ2) is 6.24. The van der Waals surface area contributed by atoms with Gasteiger partial charge >= 0.3 is 0 Å². The summed E-state index contributed by atoms with van der Waals surface area (Å²) in [5.74, 6) is 1.45. The van der Waals surface area contributed by atoms with Crippen LogP contribution in [0.4, 0.5) is 0 Å². The van der Waals surface area contributed by atoms with Gasteiger partial charge in [-0.2, -0.15) is 0 Å². The predicted molar refractivity (Wildman–Crippen MR) is 81.9 cm³/mol. The highest BCUT2D eigenvalue weighted by molar-refractivity contribution is 5.49. The van der Waals surface area contributed by atoms with Gasteiger partial charge in [0.25, 0.3) is 0 Å². The van der Waals surface area contributed by atoms with Crippen LogP contribution in [-0.2, 0) is 0 Å². The number of benzene rings is 1. The fourth-order valence-electron chi connectivity index (χ4n) is 3.55. The molecule has 1 saturated heterocycles. The lowest BCUT2D eigenvalue weighted by Gasteiger charge is -2.43. The molecule has 21 heavy (non-hydrogen) atoms. The normalized spacial score (nSPS) is 29.6. The first-order valence-corrected chi connectivity index (χ1v) is 8.04. The monoisotopic (exact) mass is 291 g/mol. The van der Waals surface area contributed by atoms with Gasteiger partial charge in [-0.05, 0) is 39.3 Å². The molecular weight excluding hydrogens is 266 g/mol. The number of fused-ring (bicyclic) bond motifs is 1. The molecule has 3 rings (SSSR count). The largest absolute Gasteiger partial charge is 0.490 e. The van der Waals surface area contributed by atoms with Gasteiger partial charge in [0.15, 0.2) is 11.5 Å². The van der Waals surface area contributed by atoms with Crippen LogP contribution in [-0.4, -0.2) is 41.8 Å². The molecule has 116 valence electrons. The lowest BCUT2D eigenvalue weighted by atomic mass is 9.93. The third-order valence-corrected chi connectivity index (χ3v) is 4.67. The fraction of sp³-hybridized carbons (Fsp3) is 0.647. The third kappa shape index (κ3) is 2.74. The van der Waals surface area contributed by atoms with E-state index in [0.29, 0.717) is 25.0 Å². The maximum Gasteiger partial charge on any atom is 0.167 e. The molecule has 0 aromatic heterocycles. The van der Waals surface area contributed by atoms with E-state index in [2.05, 4.69) is 11.8 Å². The molecule has 2 aliphatic heterocycles. The molecule has 3 atom stereocenters. The van der Waals surface area contributed by atoms with Crippen molar-refractivity contribution >= 4 is 0 Å². The van der Waals surface area contributed by atoms with Crippen LogP contribution in [0.25, 0.3) is 0 Å². The number of hydrogen-bond acceptors (Lipinski definition) is 4. The van der Waals surface area contributed by atoms with Gasteiger partial charge in [-0.1, -0.05) is 18.6 Å². The summed E-state index contributed by atoms with van der Waals surface area (Å²) < 4.78 is 11.6. The summed E-state index contributed by atoms with van der Waals surface area (Å²) in [5.41, 5.74) is 0.856. The number of aliphatic hydroxyl groups is 1. The number of rotatable bonds is 3. The lowest BCUT2D eigenvalue weighted by Crippen LogP contribution is -2.51. The van der Waals surface area contributed by atoms with Crippen LogP contribution in [0.1, 0.15) is 44.8 Å². The van der Waals surface area contributed by atoms with Gasteiger partial charge in [0.2, 0.25) is 0 Å². The molecule has 1 aromatic rings. The van der Waals surface area contributed by atoms with Gasteiger partial charge in [0, 0.05) is 11.6 Å². The predicted octanol–water partition coefficient (Wildman–Crippen LogP) is 2.75. The second-order valence-electron chi connectivity index (χ2n) is 6.01. The van der Waals surface area contributed by atoms with Crippen molar-refractivity contribution in [3.8, 4) is 11.5 Å². The van der Waals surface area contributed by atoms with Crippen molar-refractivity contribution in [1.82, 2.24) is 4.90 Å². The first-order valence-electron chi connectivity index (χ1n) is 8.04. The van der Waals surface area contributed by atoms with Crippen molar-refractivity contribution < 1.29 is 14.6 Å². The lowest BCUT2D eigenvalue weighted by molar-refractivity contribution is -0.0254. The Morgan fingerprint density at radius 1 is 1.38 bits per heavy atom. The molecular formula is C17H25NO3. The van der Waals surface area contributed by atoms with Crippen LogP contribution in [0.2, 0.25) is 0 Å². The van der Waals surface area contributed by atoms with E-state index in [9.17, 15) is 5.11 Å². The third-order valence-electron chi connectivity index (χ3n) is 4.67. The van der Waals surface area contributed by atoms with Crippen molar-refractivity contribution in [2.75, 3.05) is 19.8 Å². The van der Waals surface area contributed by atoms with Crippen molar-refractivity contribution in [2.45, 2.75) is 51.3 Å². The van der Waals surface area contributed by atoms with Gasteiger partial charge in [0.05, 0.1) is 12.6 Å². The van der Waals surface area contributed by atoms with E-state index >= 15 is 0 Å². The number of hydrogen-bond donors (Lipinski definition) is 1. The van der Waals surface area contributed by atoms with Crippen molar-refractivity contribution in [2.24, 2.45) is 0 Å². The Labute approximate surface area is 126 Å². The van der Waals surface area contributed by atoms with Gasteiger partial charge in [-0.15, -0.1) is 0 Å². The molecule has 0 bridgehead atoms. The Kier molecular flexibility index (Phi) is 4.36. The summed E-state index contributed by atoms with van der Waals surface area (Å²) in [6.07, 6.45) is 3.19. The van der Waals surface area contributed by atoms with Gasteiger partial charge in [-0.25, -0.2) is 0 Å². The summed E-state index contributed by atoms with van der Waals surface area (Å²) in [6, 6.07) is 6.34. The van der Waals surface area contributed by atoms with Crippen LogP contribution < -0.4 is 9.47 Å². The zero-order valence-electron chi connectivity index (χ0n) is 12.9. The van der Waals surface area contributed by atoms with Gasteiger partial charge in [-0.3, -0.25) is 4.90 Å². The molecule has 0 spiro atoms. The van der Waals surface area contributed by atoms with E-state index in [1.165, 1.54) is 19.3 Å². The number of aliphatic hydroxyl groups excluding tert-OH is 1. The van der Waals surface area contributed by atoms with Crippen LogP contribution in [0.3, 0.4) is 0 Å². The molecule has 0 aliphatic carbocycles. The molecule has 2 heterocycles. The highest BCUT2D eigenvalue weighted by atomic mass is 16.5. The minimum absolute atomic E-state index is 0.0460. The maximum absolute atomic E-state index is 10.8. The Morgan fingerprint density at radius 2 is 2.24 bits per heavy atom. The fourth-order valence-corrected chi connectivity index (χ4v) is 3.55. The van der Waals surface area contributed by atoms with Crippen molar-refractivity contribution in [3.63, 3.8) is 0 Å². The highest BCUT2D eigenvalue weighted by Gasteiger charge is 2.37. The van der Waals surface area contributed by atoms with E-state index in [0.717, 1.165) is 17.9 Å².